The van der Waals surface area contributed by atoms with Crippen LogP contribution in [0.4, 0.5) is 5.82 Å². The van der Waals surface area contributed by atoms with Crippen LogP contribution in [0.15, 0.2) is 17.2 Å². The van der Waals surface area contributed by atoms with Crippen molar-refractivity contribution in [3.63, 3.8) is 0 Å². The predicted molar refractivity (Wildman–Crippen MR) is 53.5 cm³/mol. The lowest BCUT2D eigenvalue weighted by Gasteiger charge is -2.16. The van der Waals surface area contributed by atoms with Crippen molar-refractivity contribution in [3.05, 3.63) is 22.7 Å². The number of hydrogen-bond acceptors (Lipinski definition) is 4. The molecule has 0 amide bonds. The third-order valence-electron chi connectivity index (χ3n) is 1.60. The lowest BCUT2D eigenvalue weighted by atomic mass is 10.4. The number of aromatic nitrogens is 2. The van der Waals surface area contributed by atoms with Gasteiger partial charge >= 0.3 is 5.97 Å². The zero-order chi connectivity index (χ0) is 11.3. The molecule has 6 nitrogen and oxygen atoms in total. The number of nitrogens with one attached hydrogen (secondary N) is 1. The molecule has 2 N–H and O–H groups in total. The first-order valence-electron chi connectivity index (χ1n) is 4.09. The Morgan fingerprint density at radius 2 is 2.47 bits per heavy atom. The van der Waals surface area contributed by atoms with Gasteiger partial charge in [-0.1, -0.05) is 5.92 Å². The highest BCUT2D eigenvalue weighted by molar-refractivity contribution is 5.73. The molecule has 0 aliphatic carbocycles. The number of aliphatic carboxylic acids is 1. The summed E-state index contributed by atoms with van der Waals surface area (Å²) in [6.07, 6.45) is 7.79. The third kappa shape index (κ3) is 2.84. The van der Waals surface area contributed by atoms with Crippen LogP contribution in [0.5, 0.6) is 0 Å². The van der Waals surface area contributed by atoms with Crippen LogP contribution in [-0.4, -0.2) is 34.1 Å². The summed E-state index contributed by atoms with van der Waals surface area (Å²) >= 11 is 0. The van der Waals surface area contributed by atoms with Crippen molar-refractivity contribution < 1.29 is 9.90 Å². The SMILES string of the molecule is C#CCN(CC(=O)O)c1ncc[nH]c1=O. The van der Waals surface area contributed by atoms with E-state index in [1.807, 2.05) is 0 Å². The summed E-state index contributed by atoms with van der Waals surface area (Å²) in [5, 5.41) is 8.61. The molecule has 0 bridgehead atoms. The van der Waals surface area contributed by atoms with Gasteiger partial charge in [0.25, 0.3) is 5.56 Å². The summed E-state index contributed by atoms with van der Waals surface area (Å²) < 4.78 is 0. The number of rotatable bonds is 4. The van der Waals surface area contributed by atoms with E-state index < -0.39 is 11.5 Å². The highest BCUT2D eigenvalue weighted by Gasteiger charge is 2.13. The zero-order valence-electron chi connectivity index (χ0n) is 7.80. The first kappa shape index (κ1) is 10.8. The van der Waals surface area contributed by atoms with E-state index in [1.165, 1.54) is 17.3 Å². The van der Waals surface area contributed by atoms with Gasteiger partial charge in [-0.05, 0) is 0 Å². The summed E-state index contributed by atoms with van der Waals surface area (Å²) in [5.74, 6) is 1.21. The molecule has 0 saturated heterocycles. The van der Waals surface area contributed by atoms with Crippen LogP contribution in [0.3, 0.4) is 0 Å². The van der Waals surface area contributed by atoms with E-state index in [4.69, 9.17) is 11.5 Å². The van der Waals surface area contributed by atoms with Crippen molar-refractivity contribution in [2.45, 2.75) is 0 Å². The molecule has 0 spiro atoms. The quantitative estimate of drug-likeness (QED) is 0.637. The van der Waals surface area contributed by atoms with Crippen LogP contribution in [0, 0.1) is 12.3 Å². The fourth-order valence-electron chi connectivity index (χ4n) is 1.05. The summed E-state index contributed by atoms with van der Waals surface area (Å²) in [4.78, 5) is 29.2. The van der Waals surface area contributed by atoms with Gasteiger partial charge in [-0.15, -0.1) is 6.42 Å². The standard InChI is InChI=1S/C9H9N3O3/c1-2-5-12(6-7(13)14)8-9(15)11-4-3-10-8/h1,3-4H,5-6H2,(H,11,15)(H,13,14). The Hall–Kier alpha value is -2.29. The van der Waals surface area contributed by atoms with Crippen molar-refractivity contribution >= 4 is 11.8 Å². The molecule has 0 aromatic carbocycles. The first-order valence-corrected chi connectivity index (χ1v) is 4.09. The normalized spacial score (nSPS) is 9.27. The molecule has 0 aliphatic rings. The predicted octanol–water partition coefficient (Wildman–Crippen LogP) is -0.706. The third-order valence-corrected chi connectivity index (χ3v) is 1.60. The summed E-state index contributed by atoms with van der Waals surface area (Å²) in [7, 11) is 0. The van der Waals surface area contributed by atoms with E-state index in [1.54, 1.807) is 0 Å². The van der Waals surface area contributed by atoms with Gasteiger partial charge in [-0.25, -0.2) is 4.98 Å². The number of carboxylic acid groups (broad SMARTS) is 1. The van der Waals surface area contributed by atoms with Crippen molar-refractivity contribution in [2.75, 3.05) is 18.0 Å². The number of terminal acetylenes is 1. The van der Waals surface area contributed by atoms with E-state index >= 15 is 0 Å². The highest BCUT2D eigenvalue weighted by atomic mass is 16.4. The monoisotopic (exact) mass is 207 g/mol. The smallest absolute Gasteiger partial charge is 0.323 e. The molecule has 1 aromatic heterocycles. The van der Waals surface area contributed by atoms with Crippen molar-refractivity contribution in [1.29, 1.82) is 0 Å². The lowest BCUT2D eigenvalue weighted by Crippen LogP contribution is -2.35. The molecule has 0 atom stereocenters. The summed E-state index contributed by atoms with van der Waals surface area (Å²) in [6, 6.07) is 0. The minimum atomic E-state index is -1.07. The second kappa shape index (κ2) is 4.81. The minimum absolute atomic E-state index is 0.0119. The molecule has 0 saturated carbocycles. The summed E-state index contributed by atoms with van der Waals surface area (Å²) in [5.41, 5.74) is -0.464. The molecule has 0 radical (unpaired) electrons. The zero-order valence-corrected chi connectivity index (χ0v) is 7.80. The van der Waals surface area contributed by atoms with E-state index in [2.05, 4.69) is 15.9 Å². The van der Waals surface area contributed by atoms with Gasteiger partial charge in [0.15, 0.2) is 5.82 Å². The summed E-state index contributed by atoms with van der Waals surface area (Å²) in [6.45, 7) is -0.337. The van der Waals surface area contributed by atoms with E-state index in [0.717, 1.165) is 0 Å². The highest BCUT2D eigenvalue weighted by Crippen LogP contribution is 2.00. The molecular weight excluding hydrogens is 198 g/mol. The van der Waals surface area contributed by atoms with Crippen LogP contribution in [0.2, 0.25) is 0 Å². The van der Waals surface area contributed by atoms with Crippen LogP contribution in [-0.2, 0) is 4.79 Å². The van der Waals surface area contributed by atoms with Crippen LogP contribution >= 0.6 is 0 Å². The van der Waals surface area contributed by atoms with Gasteiger partial charge in [0.2, 0.25) is 0 Å². The van der Waals surface area contributed by atoms with Crippen molar-refractivity contribution in [2.24, 2.45) is 0 Å². The Kier molecular flexibility index (Phi) is 3.46. The van der Waals surface area contributed by atoms with Gasteiger partial charge in [0, 0.05) is 12.4 Å². The fraction of sp³-hybridized carbons (Fsp3) is 0.222. The van der Waals surface area contributed by atoms with Gasteiger partial charge in [-0.2, -0.15) is 0 Å². The van der Waals surface area contributed by atoms with Crippen molar-refractivity contribution in [3.8, 4) is 12.3 Å². The van der Waals surface area contributed by atoms with Gasteiger partial charge in [-0.3, -0.25) is 9.59 Å². The van der Waals surface area contributed by atoms with Crippen molar-refractivity contribution in [1.82, 2.24) is 9.97 Å². The number of carboxylic acids is 1. The van der Waals surface area contributed by atoms with E-state index in [-0.39, 0.29) is 18.9 Å². The van der Waals surface area contributed by atoms with Crippen LogP contribution in [0.1, 0.15) is 0 Å². The Labute approximate surface area is 85.6 Å². The largest absolute Gasteiger partial charge is 0.480 e. The maximum absolute atomic E-state index is 11.3. The molecule has 0 unspecified atom stereocenters. The number of nitrogens with zero attached hydrogens (tertiary/aromatic N) is 2. The Balaban J connectivity index is 3.00. The van der Waals surface area contributed by atoms with Gasteiger partial charge in [0.1, 0.15) is 6.54 Å². The molecule has 0 fully saturated rings. The van der Waals surface area contributed by atoms with Crippen LogP contribution in [0.25, 0.3) is 0 Å². The molecule has 6 heteroatoms. The number of H-pyrrole nitrogens is 1. The number of anilines is 1. The topological polar surface area (TPSA) is 86.3 Å². The molecular formula is C9H9N3O3. The number of carbonyl (C=O) groups is 1. The molecule has 78 valence electrons. The van der Waals surface area contributed by atoms with E-state index in [9.17, 15) is 9.59 Å². The maximum Gasteiger partial charge on any atom is 0.323 e. The molecule has 1 rings (SSSR count). The first-order chi connectivity index (χ1) is 7.15. The van der Waals surface area contributed by atoms with Gasteiger partial charge in [0.05, 0.1) is 6.54 Å². The average molecular weight is 207 g/mol. The number of hydrogen-bond donors (Lipinski definition) is 2. The molecule has 1 heterocycles. The van der Waals surface area contributed by atoms with Gasteiger partial charge < -0.3 is 15.0 Å². The molecule has 15 heavy (non-hydrogen) atoms. The van der Waals surface area contributed by atoms with E-state index in [0.29, 0.717) is 0 Å². The molecule has 1 aromatic rings. The second-order valence-corrected chi connectivity index (χ2v) is 2.70. The second-order valence-electron chi connectivity index (χ2n) is 2.70. The molecule has 0 aliphatic heterocycles. The lowest BCUT2D eigenvalue weighted by molar-refractivity contribution is -0.135. The maximum atomic E-state index is 11.3. The van der Waals surface area contributed by atoms with Crippen LogP contribution < -0.4 is 10.5 Å². The Bertz CT molecular complexity index is 446. The fourth-order valence-corrected chi connectivity index (χ4v) is 1.05. The average Bonchev–Trinajstić information content (AvgIpc) is 2.17. The number of aromatic amines is 1. The minimum Gasteiger partial charge on any atom is -0.480 e. The Morgan fingerprint density at radius 3 is 3.00 bits per heavy atom. The Morgan fingerprint density at radius 1 is 1.73 bits per heavy atom.